The molecule has 0 saturated carbocycles. The van der Waals surface area contributed by atoms with Crippen molar-refractivity contribution >= 4 is 7.82 Å². The normalized spacial score (nSPS) is 14.9. The molecular weight excluding hydrogens is 341 g/mol. The minimum atomic E-state index is -4.53. The van der Waals surface area contributed by atoms with Crippen LogP contribution in [0.5, 0.6) is 0 Å². The number of hydrogen-bond acceptors (Lipinski definition) is 4. The molecular formula is C18H38NO5P. The highest BCUT2D eigenvalue weighted by Gasteiger charge is 2.19. The molecule has 0 heterocycles. The van der Waals surface area contributed by atoms with Gasteiger partial charge in [0.05, 0.1) is 18.8 Å². The maximum Gasteiger partial charge on any atom is 0.469 e. The van der Waals surface area contributed by atoms with E-state index < -0.39 is 20.0 Å². The lowest BCUT2D eigenvalue weighted by Crippen LogP contribution is -2.37. The summed E-state index contributed by atoms with van der Waals surface area (Å²) in [5, 5.41) is 9.75. The van der Waals surface area contributed by atoms with Gasteiger partial charge in [-0.3, -0.25) is 4.52 Å². The molecule has 6 nitrogen and oxygen atoms in total. The van der Waals surface area contributed by atoms with E-state index in [-0.39, 0.29) is 6.61 Å². The molecule has 0 aliphatic rings. The van der Waals surface area contributed by atoms with Crippen LogP contribution in [0.2, 0.25) is 0 Å². The Bertz CT molecular complexity index is 372. The Labute approximate surface area is 153 Å². The minimum Gasteiger partial charge on any atom is -0.387 e. The van der Waals surface area contributed by atoms with E-state index in [0.717, 1.165) is 12.8 Å². The molecule has 0 aliphatic heterocycles. The lowest BCUT2D eigenvalue weighted by molar-refractivity contribution is 0.129. The van der Waals surface area contributed by atoms with Gasteiger partial charge in [-0.1, -0.05) is 83.3 Å². The van der Waals surface area contributed by atoms with Gasteiger partial charge in [0.1, 0.15) is 0 Å². The van der Waals surface area contributed by atoms with Crippen LogP contribution in [-0.2, 0) is 9.09 Å². The van der Waals surface area contributed by atoms with Crippen LogP contribution in [0.25, 0.3) is 0 Å². The number of allylic oxidation sites excluding steroid dienone is 1. The zero-order valence-corrected chi connectivity index (χ0v) is 16.6. The fourth-order valence-corrected chi connectivity index (χ4v) is 2.95. The Kier molecular flexibility index (Phi) is 15.8. The molecule has 7 heteroatoms. The molecule has 5 N–H and O–H groups in total. The van der Waals surface area contributed by atoms with Crippen molar-refractivity contribution in [2.75, 3.05) is 6.61 Å². The molecule has 0 aliphatic carbocycles. The summed E-state index contributed by atoms with van der Waals surface area (Å²) in [6.45, 7) is 1.86. The lowest BCUT2D eigenvalue weighted by Gasteiger charge is -2.15. The first kappa shape index (κ1) is 24.8. The predicted octanol–water partition coefficient (Wildman–Crippen LogP) is 4.04. The Morgan fingerprint density at radius 2 is 1.44 bits per heavy atom. The first-order valence-corrected chi connectivity index (χ1v) is 11.2. The third-order valence-electron chi connectivity index (χ3n) is 4.18. The van der Waals surface area contributed by atoms with Crippen LogP contribution in [0.15, 0.2) is 12.2 Å². The molecule has 0 aromatic heterocycles. The van der Waals surface area contributed by atoms with Gasteiger partial charge in [0, 0.05) is 0 Å². The van der Waals surface area contributed by atoms with Crippen LogP contribution >= 0.6 is 7.82 Å². The predicted molar refractivity (Wildman–Crippen MR) is 102 cm³/mol. The number of phosphoric acid groups is 1. The molecule has 1 unspecified atom stereocenters. The molecule has 150 valence electrons. The maximum atomic E-state index is 10.6. The van der Waals surface area contributed by atoms with E-state index in [1.807, 2.05) is 6.08 Å². The molecule has 0 rings (SSSR count). The monoisotopic (exact) mass is 379 g/mol. The van der Waals surface area contributed by atoms with Crippen molar-refractivity contribution in [3.63, 3.8) is 0 Å². The average Bonchev–Trinajstić information content (AvgIpc) is 2.56. The Hall–Kier alpha value is -0.230. The average molecular weight is 379 g/mol. The molecule has 0 aromatic carbocycles. The molecule has 0 bridgehead atoms. The summed E-state index contributed by atoms with van der Waals surface area (Å²) in [5.41, 5.74) is 5.60. The van der Waals surface area contributed by atoms with Gasteiger partial charge < -0.3 is 20.6 Å². The van der Waals surface area contributed by atoms with E-state index >= 15 is 0 Å². The molecule has 0 spiro atoms. The fourth-order valence-electron chi connectivity index (χ4n) is 2.59. The highest BCUT2D eigenvalue weighted by molar-refractivity contribution is 7.46. The van der Waals surface area contributed by atoms with Crippen LogP contribution in [0.3, 0.4) is 0 Å². The van der Waals surface area contributed by atoms with Crippen LogP contribution in [-0.4, -0.2) is 33.6 Å². The zero-order valence-electron chi connectivity index (χ0n) is 15.7. The van der Waals surface area contributed by atoms with Crippen molar-refractivity contribution < 1.29 is 24.0 Å². The largest absolute Gasteiger partial charge is 0.469 e. The molecule has 0 radical (unpaired) electrons. The van der Waals surface area contributed by atoms with Gasteiger partial charge in [0.25, 0.3) is 0 Å². The number of hydrogen-bond donors (Lipinski definition) is 4. The van der Waals surface area contributed by atoms with E-state index in [1.54, 1.807) is 6.08 Å². The van der Waals surface area contributed by atoms with Crippen LogP contribution in [0, 0.1) is 0 Å². The summed E-state index contributed by atoms with van der Waals surface area (Å²) >= 11 is 0. The molecule has 0 amide bonds. The maximum absolute atomic E-state index is 10.6. The van der Waals surface area contributed by atoms with Gasteiger partial charge in [-0.15, -0.1) is 0 Å². The Morgan fingerprint density at radius 3 is 1.92 bits per heavy atom. The zero-order chi connectivity index (χ0) is 19.0. The number of nitrogens with two attached hydrogens (primary N) is 1. The fraction of sp³-hybridized carbons (Fsp3) is 0.889. The first-order valence-electron chi connectivity index (χ1n) is 9.67. The van der Waals surface area contributed by atoms with Gasteiger partial charge in [0.2, 0.25) is 0 Å². The Balaban J connectivity index is 3.46. The van der Waals surface area contributed by atoms with Crippen molar-refractivity contribution in [1.82, 2.24) is 0 Å². The highest BCUT2D eigenvalue weighted by Crippen LogP contribution is 2.35. The summed E-state index contributed by atoms with van der Waals surface area (Å²) < 4.78 is 14.8. The number of aliphatic hydroxyl groups excluding tert-OH is 1. The number of rotatable bonds is 17. The second kappa shape index (κ2) is 16.0. The van der Waals surface area contributed by atoms with Crippen molar-refractivity contribution in [1.29, 1.82) is 0 Å². The third-order valence-corrected chi connectivity index (χ3v) is 4.67. The minimum absolute atomic E-state index is 0.381. The SMILES string of the molecule is CCCCCCCCCCCCC/C=C/[C@@H](O)C(N)COP(=O)(O)O. The number of unbranched alkanes of at least 4 members (excludes halogenated alkanes) is 11. The van der Waals surface area contributed by atoms with Crippen LogP contribution < -0.4 is 5.73 Å². The van der Waals surface area contributed by atoms with Gasteiger partial charge in [-0.05, 0) is 12.8 Å². The highest BCUT2D eigenvalue weighted by atomic mass is 31.2. The van der Waals surface area contributed by atoms with Gasteiger partial charge in [-0.25, -0.2) is 4.57 Å². The topological polar surface area (TPSA) is 113 Å². The number of phosphoric ester groups is 1. The van der Waals surface area contributed by atoms with E-state index in [2.05, 4.69) is 11.4 Å². The molecule has 25 heavy (non-hydrogen) atoms. The third kappa shape index (κ3) is 18.4. The van der Waals surface area contributed by atoms with E-state index in [0.29, 0.717) is 0 Å². The quantitative estimate of drug-likeness (QED) is 0.172. The second-order valence-corrected chi connectivity index (χ2v) is 7.93. The van der Waals surface area contributed by atoms with E-state index in [4.69, 9.17) is 15.5 Å². The second-order valence-electron chi connectivity index (χ2n) is 6.69. The van der Waals surface area contributed by atoms with Gasteiger partial charge >= 0.3 is 7.82 Å². The van der Waals surface area contributed by atoms with Crippen LogP contribution in [0.1, 0.15) is 84.0 Å². The van der Waals surface area contributed by atoms with Crippen molar-refractivity contribution in [2.24, 2.45) is 5.73 Å². The number of aliphatic hydroxyl groups is 1. The first-order chi connectivity index (χ1) is 11.9. The lowest BCUT2D eigenvalue weighted by atomic mass is 10.0. The van der Waals surface area contributed by atoms with Crippen molar-refractivity contribution in [3.8, 4) is 0 Å². The molecule has 0 saturated heterocycles. The molecule has 0 aromatic rings. The van der Waals surface area contributed by atoms with E-state index in [9.17, 15) is 9.67 Å². The summed E-state index contributed by atoms with van der Waals surface area (Å²) in [6, 6.07) is -0.846. The molecule has 2 atom stereocenters. The summed E-state index contributed by atoms with van der Waals surface area (Å²) in [5.74, 6) is 0. The van der Waals surface area contributed by atoms with Crippen LogP contribution in [0.4, 0.5) is 0 Å². The summed E-state index contributed by atoms with van der Waals surface area (Å²) in [6.07, 6.45) is 17.6. The van der Waals surface area contributed by atoms with Crippen molar-refractivity contribution in [2.45, 2.75) is 96.1 Å². The molecule has 0 fully saturated rings. The van der Waals surface area contributed by atoms with E-state index in [1.165, 1.54) is 64.2 Å². The standard InChI is InChI=1S/C18H38NO5P/c1-2-3-4-5-6-7-8-9-10-11-12-13-14-15-18(20)17(19)16-24-25(21,22)23/h14-15,17-18,20H,2-13,16,19H2,1H3,(H2,21,22,23)/b15-14+/t17?,18-/m1/s1. The summed E-state index contributed by atoms with van der Waals surface area (Å²) in [7, 11) is -4.53. The van der Waals surface area contributed by atoms with Gasteiger partial charge in [-0.2, -0.15) is 0 Å². The van der Waals surface area contributed by atoms with Crippen molar-refractivity contribution in [3.05, 3.63) is 12.2 Å². The summed E-state index contributed by atoms with van der Waals surface area (Å²) in [4.78, 5) is 17.2. The van der Waals surface area contributed by atoms with Gasteiger partial charge in [0.15, 0.2) is 0 Å². The smallest absolute Gasteiger partial charge is 0.387 e. The Morgan fingerprint density at radius 1 is 0.960 bits per heavy atom.